The Hall–Kier alpha value is -2.10. The SMILES string of the molecule is O=C(O)[C@@H]1[C@@H](C(=O)N2CCC(Cc3ccccc3)CC2)[C@H]2C=C[C@@H]1CC2. The average Bonchev–Trinajstić information content (AvgIpc) is 2.69. The highest BCUT2D eigenvalue weighted by atomic mass is 16.4. The number of allylic oxidation sites excluding steroid dienone is 2. The number of aliphatic carboxylic acids is 1. The van der Waals surface area contributed by atoms with Crippen LogP contribution in [0.2, 0.25) is 0 Å². The van der Waals surface area contributed by atoms with Gasteiger partial charge >= 0.3 is 5.97 Å². The smallest absolute Gasteiger partial charge is 0.307 e. The highest BCUT2D eigenvalue weighted by molar-refractivity contribution is 5.86. The molecule has 1 saturated heterocycles. The molecule has 0 radical (unpaired) electrons. The number of carbonyl (C=O) groups is 2. The number of piperidine rings is 1. The van der Waals surface area contributed by atoms with Crippen LogP contribution in [0.15, 0.2) is 42.5 Å². The number of hydrogen-bond donors (Lipinski definition) is 1. The predicted octanol–water partition coefficient (Wildman–Crippen LogP) is 3.38. The highest BCUT2D eigenvalue weighted by Crippen LogP contribution is 2.46. The summed E-state index contributed by atoms with van der Waals surface area (Å²) in [7, 11) is 0. The number of rotatable bonds is 4. The van der Waals surface area contributed by atoms with Crippen molar-refractivity contribution in [1.29, 1.82) is 0 Å². The first-order valence-corrected chi connectivity index (χ1v) is 9.87. The molecule has 4 atom stereocenters. The van der Waals surface area contributed by atoms with Gasteiger partial charge in [0, 0.05) is 13.1 Å². The standard InChI is InChI=1S/C22H27NO3/c24-21(19-17-6-8-18(9-7-17)20(19)22(25)26)23-12-10-16(11-13-23)14-15-4-2-1-3-5-15/h1-6,8,16-20H,7,9-14H2,(H,25,26)/t17-,18+,19-,20-/m0/s1. The first kappa shape index (κ1) is 17.3. The number of benzene rings is 1. The van der Waals surface area contributed by atoms with Gasteiger partial charge in [0.25, 0.3) is 0 Å². The number of amides is 1. The molecule has 2 fully saturated rings. The average molecular weight is 353 g/mol. The lowest BCUT2D eigenvalue weighted by Crippen LogP contribution is -2.51. The number of fused-ring (bicyclic) bond motifs is 2. The zero-order chi connectivity index (χ0) is 18.1. The summed E-state index contributed by atoms with van der Waals surface area (Å²) in [6.45, 7) is 1.53. The van der Waals surface area contributed by atoms with E-state index >= 15 is 0 Å². The van der Waals surface area contributed by atoms with Gasteiger partial charge in [0.1, 0.15) is 0 Å². The van der Waals surface area contributed by atoms with Gasteiger partial charge in [-0.3, -0.25) is 9.59 Å². The zero-order valence-corrected chi connectivity index (χ0v) is 15.1. The van der Waals surface area contributed by atoms with E-state index in [1.165, 1.54) is 5.56 Å². The second kappa shape index (κ2) is 7.26. The van der Waals surface area contributed by atoms with Crippen molar-refractivity contribution in [1.82, 2.24) is 4.90 Å². The Morgan fingerprint density at radius 3 is 2.12 bits per heavy atom. The van der Waals surface area contributed by atoms with Gasteiger partial charge in [0.15, 0.2) is 0 Å². The Bertz CT molecular complexity index is 691. The molecule has 2 bridgehead atoms. The van der Waals surface area contributed by atoms with Gasteiger partial charge in [0.05, 0.1) is 11.8 Å². The minimum absolute atomic E-state index is 0.0297. The normalized spacial score (nSPS) is 31.2. The van der Waals surface area contributed by atoms with E-state index in [1.807, 2.05) is 17.0 Å². The number of nitrogens with zero attached hydrogens (tertiary/aromatic N) is 1. The molecule has 1 aliphatic heterocycles. The maximum atomic E-state index is 13.2. The maximum absolute atomic E-state index is 13.2. The summed E-state index contributed by atoms with van der Waals surface area (Å²) in [6, 6.07) is 10.5. The Morgan fingerprint density at radius 1 is 0.923 bits per heavy atom. The summed E-state index contributed by atoms with van der Waals surface area (Å²) in [5.41, 5.74) is 1.36. The highest BCUT2D eigenvalue weighted by Gasteiger charge is 2.49. The Labute approximate surface area is 154 Å². The number of carbonyl (C=O) groups excluding carboxylic acids is 1. The largest absolute Gasteiger partial charge is 0.481 e. The molecule has 1 N–H and O–H groups in total. The lowest BCUT2D eigenvalue weighted by atomic mass is 9.61. The van der Waals surface area contributed by atoms with Crippen molar-refractivity contribution in [3.63, 3.8) is 0 Å². The van der Waals surface area contributed by atoms with Gasteiger partial charge in [-0.1, -0.05) is 42.5 Å². The van der Waals surface area contributed by atoms with Crippen molar-refractivity contribution in [2.75, 3.05) is 13.1 Å². The molecule has 4 nitrogen and oxygen atoms in total. The van der Waals surface area contributed by atoms with E-state index in [9.17, 15) is 14.7 Å². The van der Waals surface area contributed by atoms with Gasteiger partial charge < -0.3 is 10.0 Å². The molecule has 4 heteroatoms. The van der Waals surface area contributed by atoms with Crippen LogP contribution >= 0.6 is 0 Å². The van der Waals surface area contributed by atoms with Gasteiger partial charge in [-0.2, -0.15) is 0 Å². The second-order valence-corrected chi connectivity index (χ2v) is 8.14. The summed E-state index contributed by atoms with van der Waals surface area (Å²) in [5, 5.41) is 9.68. The first-order valence-electron chi connectivity index (χ1n) is 9.87. The molecule has 3 aliphatic carbocycles. The molecule has 1 amide bonds. The van der Waals surface area contributed by atoms with Crippen LogP contribution in [0, 0.1) is 29.6 Å². The molecule has 0 unspecified atom stereocenters. The lowest BCUT2D eigenvalue weighted by Gasteiger charge is -2.44. The van der Waals surface area contributed by atoms with E-state index in [0.29, 0.717) is 5.92 Å². The van der Waals surface area contributed by atoms with Gasteiger partial charge in [-0.25, -0.2) is 0 Å². The van der Waals surface area contributed by atoms with Crippen molar-refractivity contribution in [2.45, 2.75) is 32.1 Å². The maximum Gasteiger partial charge on any atom is 0.307 e. The fraction of sp³-hybridized carbons (Fsp3) is 0.545. The topological polar surface area (TPSA) is 57.6 Å². The quantitative estimate of drug-likeness (QED) is 0.844. The number of likely N-dealkylation sites (tertiary alicyclic amines) is 1. The van der Waals surface area contributed by atoms with Crippen LogP contribution in [0.3, 0.4) is 0 Å². The number of carboxylic acid groups (broad SMARTS) is 1. The molecular weight excluding hydrogens is 326 g/mol. The van der Waals surface area contributed by atoms with Gasteiger partial charge in [-0.15, -0.1) is 0 Å². The van der Waals surface area contributed by atoms with Crippen LogP contribution in [0.25, 0.3) is 0 Å². The van der Waals surface area contributed by atoms with Crippen LogP contribution in [-0.2, 0) is 16.0 Å². The fourth-order valence-electron chi connectivity index (χ4n) is 5.18. The Morgan fingerprint density at radius 2 is 1.54 bits per heavy atom. The Kier molecular flexibility index (Phi) is 4.84. The molecule has 26 heavy (non-hydrogen) atoms. The third-order valence-electron chi connectivity index (χ3n) is 6.61. The van der Waals surface area contributed by atoms with Crippen molar-refractivity contribution in [3.8, 4) is 0 Å². The van der Waals surface area contributed by atoms with Crippen molar-refractivity contribution in [2.24, 2.45) is 29.6 Å². The molecule has 1 aromatic carbocycles. The van der Waals surface area contributed by atoms with Crippen molar-refractivity contribution >= 4 is 11.9 Å². The molecule has 1 heterocycles. The third-order valence-corrected chi connectivity index (χ3v) is 6.61. The minimum atomic E-state index is -0.804. The molecule has 0 spiro atoms. The fourth-order valence-corrected chi connectivity index (χ4v) is 5.18. The van der Waals surface area contributed by atoms with Crippen LogP contribution in [-0.4, -0.2) is 35.0 Å². The van der Waals surface area contributed by atoms with Crippen LogP contribution in [0.5, 0.6) is 0 Å². The van der Waals surface area contributed by atoms with E-state index in [1.54, 1.807) is 0 Å². The van der Waals surface area contributed by atoms with Crippen LogP contribution in [0.4, 0.5) is 0 Å². The Balaban J connectivity index is 1.39. The molecule has 1 saturated carbocycles. The number of hydrogen-bond acceptors (Lipinski definition) is 2. The first-order chi connectivity index (χ1) is 12.6. The molecule has 1 aromatic rings. The van der Waals surface area contributed by atoms with Gasteiger partial charge in [-0.05, 0) is 55.4 Å². The van der Waals surface area contributed by atoms with E-state index in [0.717, 1.165) is 45.2 Å². The summed E-state index contributed by atoms with van der Waals surface area (Å²) in [6.07, 6.45) is 9.07. The van der Waals surface area contributed by atoms with Crippen molar-refractivity contribution in [3.05, 3.63) is 48.0 Å². The minimum Gasteiger partial charge on any atom is -0.481 e. The van der Waals surface area contributed by atoms with E-state index in [4.69, 9.17) is 0 Å². The van der Waals surface area contributed by atoms with Crippen LogP contribution < -0.4 is 0 Å². The summed E-state index contributed by atoms with van der Waals surface area (Å²) in [4.78, 5) is 26.9. The van der Waals surface area contributed by atoms with Gasteiger partial charge in [0.2, 0.25) is 5.91 Å². The monoisotopic (exact) mass is 353 g/mol. The van der Waals surface area contributed by atoms with E-state index in [2.05, 4.69) is 30.3 Å². The van der Waals surface area contributed by atoms with E-state index < -0.39 is 11.9 Å². The number of carboxylic acids is 1. The van der Waals surface area contributed by atoms with Crippen LogP contribution in [0.1, 0.15) is 31.2 Å². The summed E-state index contributed by atoms with van der Waals surface area (Å²) < 4.78 is 0. The zero-order valence-electron chi connectivity index (χ0n) is 15.1. The third kappa shape index (κ3) is 3.29. The molecular formula is C22H27NO3. The van der Waals surface area contributed by atoms with Crippen molar-refractivity contribution < 1.29 is 14.7 Å². The molecule has 4 aliphatic rings. The molecule has 0 aromatic heterocycles. The molecule has 5 rings (SSSR count). The second-order valence-electron chi connectivity index (χ2n) is 8.14. The summed E-state index contributed by atoms with van der Waals surface area (Å²) >= 11 is 0. The van der Waals surface area contributed by atoms with E-state index in [-0.39, 0.29) is 23.7 Å². The summed E-state index contributed by atoms with van der Waals surface area (Å²) in [5.74, 6) is -0.872. The lowest BCUT2D eigenvalue weighted by molar-refractivity contribution is -0.157. The molecule has 138 valence electrons. The predicted molar refractivity (Wildman–Crippen MR) is 99.4 cm³/mol.